The van der Waals surface area contributed by atoms with E-state index in [1.165, 1.54) is 0 Å². The maximum Gasteiger partial charge on any atom is 0.223 e. The third-order valence-corrected chi connectivity index (χ3v) is 2.16. The van der Waals surface area contributed by atoms with Crippen molar-refractivity contribution in [3.8, 4) is 0 Å². The Bertz CT molecular complexity index is 142. The molecule has 2 heteroatoms. The minimum atomic E-state index is 0.268. The third-order valence-electron chi connectivity index (χ3n) is 2.16. The summed E-state index contributed by atoms with van der Waals surface area (Å²) in [5, 5.41) is 2.90. The van der Waals surface area contributed by atoms with Crippen molar-refractivity contribution in [1.29, 1.82) is 0 Å². The van der Waals surface area contributed by atoms with Gasteiger partial charge >= 0.3 is 0 Å². The molecule has 0 aliphatic carbocycles. The van der Waals surface area contributed by atoms with Crippen LogP contribution in [0.1, 0.15) is 33.1 Å². The number of carbonyl (C=O) groups is 1. The second-order valence-corrected chi connectivity index (χ2v) is 3.76. The Morgan fingerprint density at radius 1 is 1.64 bits per heavy atom. The van der Waals surface area contributed by atoms with Crippen LogP contribution in [-0.2, 0) is 4.79 Å². The summed E-state index contributed by atoms with van der Waals surface area (Å²) in [6.45, 7) is 5.22. The highest BCUT2D eigenvalue weighted by molar-refractivity contribution is 5.79. The molecular formula is C9H17NO. The minimum Gasteiger partial charge on any atom is -0.356 e. The Morgan fingerprint density at radius 2 is 2.36 bits per heavy atom. The van der Waals surface area contributed by atoms with Crippen LogP contribution in [0.2, 0.25) is 0 Å². The van der Waals surface area contributed by atoms with Crippen LogP contribution in [0.3, 0.4) is 0 Å². The van der Waals surface area contributed by atoms with Gasteiger partial charge in [-0.05, 0) is 25.2 Å². The van der Waals surface area contributed by atoms with Gasteiger partial charge in [-0.25, -0.2) is 0 Å². The average molecular weight is 155 g/mol. The molecule has 0 saturated carbocycles. The molecule has 0 unspecified atom stereocenters. The topological polar surface area (TPSA) is 29.1 Å². The standard InChI is InChI=1S/C9H17NO/c1-7(2)6-8-4-3-5-10-9(8)11/h7-8H,3-6H2,1-2H3,(H,10,11)/t8-/m1/s1. The van der Waals surface area contributed by atoms with Crippen LogP contribution < -0.4 is 5.32 Å². The predicted octanol–water partition coefficient (Wildman–Crippen LogP) is 1.56. The van der Waals surface area contributed by atoms with E-state index < -0.39 is 0 Å². The van der Waals surface area contributed by atoms with Crippen molar-refractivity contribution >= 4 is 5.91 Å². The molecule has 0 bridgehead atoms. The Kier molecular flexibility index (Phi) is 2.92. The van der Waals surface area contributed by atoms with Crippen LogP contribution in [0.4, 0.5) is 0 Å². The zero-order valence-corrected chi connectivity index (χ0v) is 7.39. The Hall–Kier alpha value is -0.530. The van der Waals surface area contributed by atoms with Crippen LogP contribution >= 0.6 is 0 Å². The molecule has 11 heavy (non-hydrogen) atoms. The number of hydrogen-bond donors (Lipinski definition) is 1. The number of hydrogen-bond acceptors (Lipinski definition) is 1. The molecule has 0 aromatic rings. The van der Waals surface area contributed by atoms with E-state index in [9.17, 15) is 4.79 Å². The Morgan fingerprint density at radius 3 is 2.91 bits per heavy atom. The maximum atomic E-state index is 11.2. The number of rotatable bonds is 2. The van der Waals surface area contributed by atoms with Gasteiger partial charge in [0.2, 0.25) is 5.91 Å². The molecule has 0 aromatic heterocycles. The van der Waals surface area contributed by atoms with Gasteiger partial charge < -0.3 is 5.32 Å². The van der Waals surface area contributed by atoms with Gasteiger partial charge in [-0.1, -0.05) is 13.8 Å². The van der Waals surface area contributed by atoms with E-state index in [1.54, 1.807) is 0 Å². The summed E-state index contributed by atoms with van der Waals surface area (Å²) in [6, 6.07) is 0. The van der Waals surface area contributed by atoms with Crippen molar-refractivity contribution in [3.05, 3.63) is 0 Å². The zero-order chi connectivity index (χ0) is 8.27. The molecule has 0 radical (unpaired) electrons. The molecule has 1 atom stereocenters. The normalized spacial score (nSPS) is 25.4. The van der Waals surface area contributed by atoms with Gasteiger partial charge in [-0.2, -0.15) is 0 Å². The van der Waals surface area contributed by atoms with Crippen molar-refractivity contribution in [2.75, 3.05) is 6.54 Å². The largest absolute Gasteiger partial charge is 0.356 e. The lowest BCUT2D eigenvalue weighted by atomic mass is 9.90. The summed E-state index contributed by atoms with van der Waals surface area (Å²) in [5.74, 6) is 1.21. The summed E-state index contributed by atoms with van der Waals surface area (Å²) in [5.41, 5.74) is 0. The van der Waals surface area contributed by atoms with Gasteiger partial charge in [-0.3, -0.25) is 4.79 Å². The molecule has 0 aromatic carbocycles. The summed E-state index contributed by atoms with van der Waals surface area (Å²) < 4.78 is 0. The van der Waals surface area contributed by atoms with Gasteiger partial charge in [0.1, 0.15) is 0 Å². The highest BCUT2D eigenvalue weighted by Crippen LogP contribution is 2.19. The first-order valence-corrected chi connectivity index (χ1v) is 4.48. The van der Waals surface area contributed by atoms with E-state index in [4.69, 9.17) is 0 Å². The van der Waals surface area contributed by atoms with Gasteiger partial charge in [0, 0.05) is 12.5 Å². The molecule has 1 saturated heterocycles. The first-order chi connectivity index (χ1) is 5.20. The van der Waals surface area contributed by atoms with Crippen molar-refractivity contribution in [2.45, 2.75) is 33.1 Å². The first-order valence-electron chi connectivity index (χ1n) is 4.48. The second-order valence-electron chi connectivity index (χ2n) is 3.76. The minimum absolute atomic E-state index is 0.268. The number of nitrogens with one attached hydrogen (secondary N) is 1. The molecule has 64 valence electrons. The predicted molar refractivity (Wildman–Crippen MR) is 45.2 cm³/mol. The fourth-order valence-electron chi connectivity index (χ4n) is 1.63. The number of amides is 1. The fraction of sp³-hybridized carbons (Fsp3) is 0.889. The molecule has 1 aliphatic rings. The molecule has 1 N–H and O–H groups in total. The third kappa shape index (κ3) is 2.52. The quantitative estimate of drug-likeness (QED) is 0.644. The van der Waals surface area contributed by atoms with Crippen molar-refractivity contribution in [3.63, 3.8) is 0 Å². The zero-order valence-electron chi connectivity index (χ0n) is 7.39. The Labute approximate surface area is 68.4 Å². The average Bonchev–Trinajstić information content (AvgIpc) is 1.93. The monoisotopic (exact) mass is 155 g/mol. The summed E-state index contributed by atoms with van der Waals surface area (Å²) in [6.07, 6.45) is 3.29. The molecule has 0 spiro atoms. The van der Waals surface area contributed by atoms with E-state index in [0.717, 1.165) is 25.8 Å². The van der Waals surface area contributed by atoms with Crippen LogP contribution in [-0.4, -0.2) is 12.5 Å². The van der Waals surface area contributed by atoms with Crippen molar-refractivity contribution in [1.82, 2.24) is 5.32 Å². The van der Waals surface area contributed by atoms with E-state index in [0.29, 0.717) is 11.8 Å². The molecule has 1 heterocycles. The molecular weight excluding hydrogens is 138 g/mol. The second kappa shape index (κ2) is 3.74. The van der Waals surface area contributed by atoms with E-state index >= 15 is 0 Å². The summed E-state index contributed by atoms with van der Waals surface area (Å²) in [4.78, 5) is 11.2. The van der Waals surface area contributed by atoms with Gasteiger partial charge in [0.05, 0.1) is 0 Å². The molecule has 1 fully saturated rings. The van der Waals surface area contributed by atoms with Crippen LogP contribution in [0.15, 0.2) is 0 Å². The molecule has 1 aliphatic heterocycles. The summed E-state index contributed by atoms with van der Waals surface area (Å²) >= 11 is 0. The van der Waals surface area contributed by atoms with Gasteiger partial charge in [0.15, 0.2) is 0 Å². The van der Waals surface area contributed by atoms with E-state index in [-0.39, 0.29) is 5.91 Å². The first kappa shape index (κ1) is 8.57. The summed E-state index contributed by atoms with van der Waals surface area (Å²) in [7, 11) is 0. The van der Waals surface area contributed by atoms with E-state index in [2.05, 4.69) is 19.2 Å². The number of piperidine rings is 1. The maximum absolute atomic E-state index is 11.2. The van der Waals surface area contributed by atoms with Crippen molar-refractivity contribution < 1.29 is 4.79 Å². The fourth-order valence-corrected chi connectivity index (χ4v) is 1.63. The molecule has 1 rings (SSSR count). The molecule has 2 nitrogen and oxygen atoms in total. The van der Waals surface area contributed by atoms with E-state index in [1.807, 2.05) is 0 Å². The lowest BCUT2D eigenvalue weighted by molar-refractivity contribution is -0.127. The smallest absolute Gasteiger partial charge is 0.223 e. The van der Waals surface area contributed by atoms with Crippen LogP contribution in [0.25, 0.3) is 0 Å². The number of carbonyl (C=O) groups excluding carboxylic acids is 1. The Balaban J connectivity index is 2.36. The van der Waals surface area contributed by atoms with Gasteiger partial charge in [-0.15, -0.1) is 0 Å². The van der Waals surface area contributed by atoms with Crippen LogP contribution in [0.5, 0.6) is 0 Å². The van der Waals surface area contributed by atoms with Crippen LogP contribution in [0, 0.1) is 11.8 Å². The molecule has 1 amide bonds. The van der Waals surface area contributed by atoms with Gasteiger partial charge in [0.25, 0.3) is 0 Å². The SMILES string of the molecule is CC(C)C[C@H]1CCCNC1=O. The highest BCUT2D eigenvalue weighted by Gasteiger charge is 2.22. The van der Waals surface area contributed by atoms with Crippen molar-refractivity contribution in [2.24, 2.45) is 11.8 Å². The lowest BCUT2D eigenvalue weighted by Gasteiger charge is -2.22. The lowest BCUT2D eigenvalue weighted by Crippen LogP contribution is -2.36. The highest BCUT2D eigenvalue weighted by atomic mass is 16.1.